The molecule has 0 saturated carbocycles. The minimum absolute atomic E-state index is 0.0438. The monoisotopic (exact) mass is 331 g/mol. The van der Waals surface area contributed by atoms with Gasteiger partial charge < -0.3 is 10.1 Å². The summed E-state index contributed by atoms with van der Waals surface area (Å²) in [6.45, 7) is 6.68. The maximum absolute atomic E-state index is 12.6. The predicted molar refractivity (Wildman–Crippen MR) is 79.2 cm³/mol. The number of rotatable bonds is 4. The number of halogens is 3. The van der Waals surface area contributed by atoms with E-state index in [1.165, 1.54) is 12.1 Å². The SMILES string of the molecule is CC(CC(=O)c1cccc(C(F)(F)F)c1)NC(=O)OC(C)(C)C. The molecule has 0 bridgehead atoms. The molecule has 0 aromatic heterocycles. The Labute approximate surface area is 133 Å². The molecule has 128 valence electrons. The van der Waals surface area contributed by atoms with Gasteiger partial charge in [0.15, 0.2) is 5.78 Å². The fourth-order valence-electron chi connectivity index (χ4n) is 1.82. The lowest BCUT2D eigenvalue weighted by atomic mass is 10.0. The highest BCUT2D eigenvalue weighted by Crippen LogP contribution is 2.29. The number of amides is 1. The molecule has 0 spiro atoms. The summed E-state index contributed by atoms with van der Waals surface area (Å²) in [5, 5.41) is 2.48. The molecule has 7 heteroatoms. The number of carbonyl (C=O) groups excluding carboxylic acids is 2. The number of ketones is 1. The third kappa shape index (κ3) is 6.71. The smallest absolute Gasteiger partial charge is 0.416 e. The van der Waals surface area contributed by atoms with E-state index in [0.29, 0.717) is 0 Å². The van der Waals surface area contributed by atoms with Crippen LogP contribution in [0.2, 0.25) is 0 Å². The molecule has 0 radical (unpaired) electrons. The molecular formula is C16H20F3NO3. The van der Waals surface area contributed by atoms with Crippen molar-refractivity contribution in [2.24, 2.45) is 0 Å². The molecule has 1 unspecified atom stereocenters. The average molecular weight is 331 g/mol. The Bertz CT molecular complexity index is 577. The maximum atomic E-state index is 12.6. The summed E-state index contributed by atoms with van der Waals surface area (Å²) < 4.78 is 43.0. The lowest BCUT2D eigenvalue weighted by Crippen LogP contribution is -2.38. The fraction of sp³-hybridized carbons (Fsp3) is 0.500. The van der Waals surface area contributed by atoms with Crippen LogP contribution in [-0.4, -0.2) is 23.5 Å². The second-order valence-electron chi connectivity index (χ2n) is 6.25. The normalized spacial score (nSPS) is 13.3. The molecule has 0 aliphatic carbocycles. The Hall–Kier alpha value is -2.05. The van der Waals surface area contributed by atoms with Crippen molar-refractivity contribution >= 4 is 11.9 Å². The van der Waals surface area contributed by atoms with Crippen LogP contribution in [0.5, 0.6) is 0 Å². The number of Topliss-reactive ketones (excluding diaryl/α,β-unsaturated/α-hetero) is 1. The summed E-state index contributed by atoms with van der Waals surface area (Å²) >= 11 is 0. The summed E-state index contributed by atoms with van der Waals surface area (Å²) in [6, 6.07) is 3.65. The molecule has 1 amide bonds. The third-order valence-electron chi connectivity index (χ3n) is 2.77. The standard InChI is InChI=1S/C16H20F3NO3/c1-10(20-14(22)23-15(2,3)4)8-13(21)11-6-5-7-12(9-11)16(17,18)19/h5-7,9-10H,8H2,1-4H3,(H,20,22). The molecule has 0 fully saturated rings. The van der Waals surface area contributed by atoms with Crippen molar-refractivity contribution in [3.63, 3.8) is 0 Å². The van der Waals surface area contributed by atoms with E-state index in [9.17, 15) is 22.8 Å². The van der Waals surface area contributed by atoms with E-state index in [1.807, 2.05) is 0 Å². The maximum Gasteiger partial charge on any atom is 0.416 e. The van der Waals surface area contributed by atoms with Crippen LogP contribution in [0.1, 0.15) is 50.0 Å². The average Bonchev–Trinajstić information content (AvgIpc) is 2.35. The van der Waals surface area contributed by atoms with Crippen LogP contribution in [0.15, 0.2) is 24.3 Å². The van der Waals surface area contributed by atoms with Gasteiger partial charge >= 0.3 is 12.3 Å². The quantitative estimate of drug-likeness (QED) is 0.842. The summed E-state index contributed by atoms with van der Waals surface area (Å²) in [7, 11) is 0. The van der Waals surface area contributed by atoms with Gasteiger partial charge in [0.1, 0.15) is 5.60 Å². The highest BCUT2D eigenvalue weighted by molar-refractivity contribution is 5.96. The Morgan fingerprint density at radius 1 is 1.22 bits per heavy atom. The lowest BCUT2D eigenvalue weighted by molar-refractivity contribution is -0.137. The van der Waals surface area contributed by atoms with Crippen molar-refractivity contribution in [3.05, 3.63) is 35.4 Å². The number of alkyl halides is 3. The summed E-state index contributed by atoms with van der Waals surface area (Å²) in [5.41, 5.74) is -1.59. The van der Waals surface area contributed by atoms with Crippen LogP contribution in [0, 0.1) is 0 Å². The van der Waals surface area contributed by atoms with E-state index in [0.717, 1.165) is 12.1 Å². The molecular weight excluding hydrogens is 311 g/mol. The van der Waals surface area contributed by atoms with Crippen molar-refractivity contribution in [1.82, 2.24) is 5.32 Å². The topological polar surface area (TPSA) is 55.4 Å². The zero-order valence-electron chi connectivity index (χ0n) is 13.5. The first-order valence-electron chi connectivity index (χ1n) is 7.08. The molecule has 1 aromatic carbocycles. The Morgan fingerprint density at radius 3 is 2.35 bits per heavy atom. The Kier molecular flexibility index (Phi) is 5.80. The zero-order valence-corrected chi connectivity index (χ0v) is 13.5. The van der Waals surface area contributed by atoms with Crippen molar-refractivity contribution in [2.45, 2.75) is 51.9 Å². The van der Waals surface area contributed by atoms with E-state index in [2.05, 4.69) is 5.32 Å². The van der Waals surface area contributed by atoms with Gasteiger partial charge in [0, 0.05) is 18.0 Å². The Morgan fingerprint density at radius 2 is 1.83 bits per heavy atom. The molecule has 0 aliphatic heterocycles. The first-order chi connectivity index (χ1) is 10.4. The van der Waals surface area contributed by atoms with E-state index >= 15 is 0 Å². The van der Waals surface area contributed by atoms with Gasteiger partial charge in [-0.15, -0.1) is 0 Å². The van der Waals surface area contributed by atoms with E-state index < -0.39 is 35.3 Å². The molecule has 0 aliphatic rings. The number of hydrogen-bond donors (Lipinski definition) is 1. The van der Waals surface area contributed by atoms with Gasteiger partial charge in [0.25, 0.3) is 0 Å². The third-order valence-corrected chi connectivity index (χ3v) is 2.77. The first-order valence-corrected chi connectivity index (χ1v) is 7.08. The van der Waals surface area contributed by atoms with Crippen molar-refractivity contribution in [3.8, 4) is 0 Å². The Balaban J connectivity index is 2.67. The number of nitrogens with one attached hydrogen (secondary N) is 1. The molecule has 0 saturated heterocycles. The minimum atomic E-state index is -4.50. The van der Waals surface area contributed by atoms with E-state index in [-0.39, 0.29) is 12.0 Å². The molecule has 0 heterocycles. The second-order valence-corrected chi connectivity index (χ2v) is 6.25. The molecule has 1 atom stereocenters. The summed E-state index contributed by atoms with van der Waals surface area (Å²) in [4.78, 5) is 23.6. The van der Waals surface area contributed by atoms with Crippen LogP contribution >= 0.6 is 0 Å². The fourth-order valence-corrected chi connectivity index (χ4v) is 1.82. The van der Waals surface area contributed by atoms with Crippen molar-refractivity contribution < 1.29 is 27.5 Å². The predicted octanol–water partition coefficient (Wildman–Crippen LogP) is 4.19. The van der Waals surface area contributed by atoms with E-state index in [4.69, 9.17) is 4.74 Å². The van der Waals surface area contributed by atoms with Crippen LogP contribution in [0.4, 0.5) is 18.0 Å². The van der Waals surface area contributed by atoms with Gasteiger partial charge in [0.05, 0.1) is 5.56 Å². The molecule has 1 rings (SSSR count). The number of ether oxygens (including phenoxy) is 1. The van der Waals surface area contributed by atoms with Gasteiger partial charge in [-0.3, -0.25) is 4.79 Å². The number of alkyl carbamates (subject to hydrolysis) is 1. The first kappa shape index (κ1) is 19.0. The minimum Gasteiger partial charge on any atom is -0.444 e. The van der Waals surface area contributed by atoms with Gasteiger partial charge in [0.2, 0.25) is 0 Å². The van der Waals surface area contributed by atoms with E-state index in [1.54, 1.807) is 27.7 Å². The second kappa shape index (κ2) is 7.02. The zero-order chi connectivity index (χ0) is 17.8. The largest absolute Gasteiger partial charge is 0.444 e. The number of carbonyl (C=O) groups is 2. The van der Waals surface area contributed by atoms with Gasteiger partial charge in [-0.2, -0.15) is 13.2 Å². The molecule has 4 nitrogen and oxygen atoms in total. The van der Waals surface area contributed by atoms with Gasteiger partial charge in [-0.05, 0) is 39.8 Å². The van der Waals surface area contributed by atoms with Gasteiger partial charge in [-0.1, -0.05) is 12.1 Å². The van der Waals surface area contributed by atoms with Crippen LogP contribution in [-0.2, 0) is 10.9 Å². The van der Waals surface area contributed by atoms with Crippen LogP contribution < -0.4 is 5.32 Å². The van der Waals surface area contributed by atoms with Gasteiger partial charge in [-0.25, -0.2) is 4.79 Å². The summed E-state index contributed by atoms with van der Waals surface area (Å²) in [6.07, 6.45) is -5.31. The van der Waals surface area contributed by atoms with Crippen molar-refractivity contribution in [2.75, 3.05) is 0 Å². The van der Waals surface area contributed by atoms with Crippen LogP contribution in [0.3, 0.4) is 0 Å². The molecule has 1 N–H and O–H groups in total. The lowest BCUT2D eigenvalue weighted by Gasteiger charge is -2.21. The molecule has 1 aromatic rings. The van der Waals surface area contributed by atoms with Crippen LogP contribution in [0.25, 0.3) is 0 Å². The molecule has 23 heavy (non-hydrogen) atoms. The number of benzene rings is 1. The highest BCUT2D eigenvalue weighted by atomic mass is 19.4. The highest BCUT2D eigenvalue weighted by Gasteiger charge is 2.31. The summed E-state index contributed by atoms with van der Waals surface area (Å²) in [5.74, 6) is -0.486. The van der Waals surface area contributed by atoms with Crippen molar-refractivity contribution in [1.29, 1.82) is 0 Å². The number of hydrogen-bond acceptors (Lipinski definition) is 3.